The molecule has 0 aromatic heterocycles. The molecule has 34 heavy (non-hydrogen) atoms. The second-order valence-corrected chi connectivity index (χ2v) is 8.55. The Labute approximate surface area is 202 Å². The first-order valence-corrected chi connectivity index (χ1v) is 10.9. The zero-order valence-electron chi connectivity index (χ0n) is 19.0. The van der Waals surface area contributed by atoms with E-state index in [1.165, 1.54) is 7.11 Å². The molecule has 0 saturated carbocycles. The zero-order chi connectivity index (χ0) is 23.8. The molecule has 4 rings (SSSR count). The maximum absolute atomic E-state index is 14.3. The summed E-state index contributed by atoms with van der Waals surface area (Å²) in [6, 6.07) is 6.05. The minimum Gasteiger partial charge on any atom is -0.493 e. The monoisotopic (exact) mass is 502 g/mol. The van der Waals surface area contributed by atoms with Crippen LogP contribution >= 0.6 is 12.4 Å². The Hall–Kier alpha value is -2.52. The summed E-state index contributed by atoms with van der Waals surface area (Å²) in [7, 11) is 1.48. The highest BCUT2D eigenvalue weighted by Gasteiger charge is 2.42. The van der Waals surface area contributed by atoms with Crippen molar-refractivity contribution in [2.45, 2.75) is 32.5 Å². The quantitative estimate of drug-likeness (QED) is 0.486. The molecule has 0 bridgehead atoms. The summed E-state index contributed by atoms with van der Waals surface area (Å²) in [4.78, 5) is 16.4. The van der Waals surface area contributed by atoms with Crippen LogP contribution in [0.2, 0.25) is 0 Å². The van der Waals surface area contributed by atoms with Gasteiger partial charge in [-0.15, -0.1) is 12.4 Å². The second kappa shape index (κ2) is 10.4. The van der Waals surface area contributed by atoms with Gasteiger partial charge in [-0.2, -0.15) is 13.2 Å². The maximum Gasteiger partial charge on any atom is 0.417 e. The summed E-state index contributed by atoms with van der Waals surface area (Å²) < 4.78 is 65.8. The molecule has 5 nitrogen and oxygen atoms in total. The first-order valence-electron chi connectivity index (χ1n) is 10.9. The molecule has 186 valence electrons. The highest BCUT2D eigenvalue weighted by Crippen LogP contribution is 2.41. The molecule has 0 unspecified atom stereocenters. The number of amides is 1. The van der Waals surface area contributed by atoms with Crippen molar-refractivity contribution < 1.29 is 31.8 Å². The van der Waals surface area contributed by atoms with Gasteiger partial charge in [-0.05, 0) is 56.1 Å². The van der Waals surface area contributed by atoms with Crippen LogP contribution in [0, 0.1) is 11.7 Å². The molecule has 2 aromatic rings. The topological polar surface area (TPSA) is 42.0 Å². The standard InChI is InChI=1S/C24H26F4N2O3.ClH/c1-15-7-9-29(10-8-15)11-12-33-21-13-16(3-6-20(21)32-2)30-14-17-19(25)5-4-18(24(26,27)28)22(17)23(30)31;/h3-6,13,15H,7-12,14H2,1-2H3;1H. The molecule has 1 saturated heterocycles. The van der Waals surface area contributed by atoms with E-state index in [4.69, 9.17) is 9.47 Å². The van der Waals surface area contributed by atoms with Crippen molar-refractivity contribution in [1.29, 1.82) is 0 Å². The van der Waals surface area contributed by atoms with Gasteiger partial charge in [0.1, 0.15) is 12.4 Å². The number of halogens is 5. The van der Waals surface area contributed by atoms with E-state index in [1.54, 1.807) is 18.2 Å². The fourth-order valence-corrected chi connectivity index (χ4v) is 4.35. The molecular formula is C24H27ClF4N2O3. The van der Waals surface area contributed by atoms with Crippen LogP contribution in [0.4, 0.5) is 23.2 Å². The van der Waals surface area contributed by atoms with Crippen LogP contribution in [0.5, 0.6) is 11.5 Å². The van der Waals surface area contributed by atoms with Crippen LogP contribution < -0.4 is 14.4 Å². The minimum absolute atomic E-state index is 0. The van der Waals surface area contributed by atoms with Gasteiger partial charge in [-0.3, -0.25) is 9.69 Å². The predicted molar refractivity (Wildman–Crippen MR) is 122 cm³/mol. The molecule has 10 heteroatoms. The van der Waals surface area contributed by atoms with E-state index in [-0.39, 0.29) is 24.5 Å². The molecule has 0 radical (unpaired) electrons. The van der Waals surface area contributed by atoms with Gasteiger partial charge in [-0.1, -0.05) is 6.92 Å². The summed E-state index contributed by atoms with van der Waals surface area (Å²) in [5, 5.41) is 0. The molecule has 0 N–H and O–H groups in total. The molecule has 2 aromatic carbocycles. The van der Waals surface area contributed by atoms with Crippen LogP contribution in [-0.2, 0) is 12.7 Å². The van der Waals surface area contributed by atoms with Gasteiger partial charge in [0, 0.05) is 23.9 Å². The number of methoxy groups -OCH3 is 1. The summed E-state index contributed by atoms with van der Waals surface area (Å²) in [6.07, 6.45) is -2.47. The number of ether oxygens (including phenoxy) is 2. The molecule has 2 aliphatic rings. The van der Waals surface area contributed by atoms with Crippen LogP contribution in [0.3, 0.4) is 0 Å². The van der Waals surface area contributed by atoms with E-state index in [1.807, 2.05) is 0 Å². The van der Waals surface area contributed by atoms with Gasteiger partial charge in [0.05, 0.1) is 24.8 Å². The first kappa shape index (κ1) is 26.1. The molecule has 1 amide bonds. The molecule has 2 heterocycles. The van der Waals surface area contributed by atoms with Crippen molar-refractivity contribution in [3.63, 3.8) is 0 Å². The number of benzene rings is 2. The average molecular weight is 503 g/mol. The predicted octanol–water partition coefficient (Wildman–Crippen LogP) is 5.55. The summed E-state index contributed by atoms with van der Waals surface area (Å²) in [5.74, 6) is -0.188. The molecule has 0 atom stereocenters. The Balaban J connectivity index is 0.00000324. The number of carbonyl (C=O) groups excluding carboxylic acids is 1. The van der Waals surface area contributed by atoms with Crippen molar-refractivity contribution in [1.82, 2.24) is 4.90 Å². The van der Waals surface area contributed by atoms with Gasteiger partial charge in [-0.25, -0.2) is 4.39 Å². The maximum atomic E-state index is 14.3. The highest BCUT2D eigenvalue weighted by atomic mass is 35.5. The molecule has 2 aliphatic heterocycles. The smallest absolute Gasteiger partial charge is 0.417 e. The highest BCUT2D eigenvalue weighted by molar-refractivity contribution is 6.11. The molecule has 0 aliphatic carbocycles. The summed E-state index contributed by atoms with van der Waals surface area (Å²) in [6.45, 7) is 5.10. The minimum atomic E-state index is -4.76. The molecular weight excluding hydrogens is 476 g/mol. The average Bonchev–Trinajstić information content (AvgIpc) is 3.12. The number of hydrogen-bond donors (Lipinski definition) is 0. The van der Waals surface area contributed by atoms with Gasteiger partial charge >= 0.3 is 6.18 Å². The third kappa shape index (κ3) is 5.25. The van der Waals surface area contributed by atoms with E-state index in [9.17, 15) is 22.4 Å². The Morgan fingerprint density at radius 1 is 1.09 bits per heavy atom. The number of likely N-dealkylation sites (tertiary alicyclic amines) is 1. The van der Waals surface area contributed by atoms with Crippen molar-refractivity contribution >= 4 is 24.0 Å². The number of nitrogens with zero attached hydrogens (tertiary/aromatic N) is 2. The Kier molecular flexibility index (Phi) is 7.98. The summed E-state index contributed by atoms with van der Waals surface area (Å²) >= 11 is 0. The van der Waals surface area contributed by atoms with Gasteiger partial charge in [0.2, 0.25) is 0 Å². The van der Waals surface area contributed by atoms with E-state index in [0.717, 1.165) is 49.4 Å². The summed E-state index contributed by atoms with van der Waals surface area (Å²) in [5.41, 5.74) is -1.72. The normalized spacial score (nSPS) is 16.9. The van der Waals surface area contributed by atoms with Crippen LogP contribution in [-0.4, -0.2) is 44.2 Å². The van der Waals surface area contributed by atoms with E-state index < -0.39 is 29.0 Å². The Morgan fingerprint density at radius 2 is 1.79 bits per heavy atom. The number of piperidine rings is 1. The fourth-order valence-electron chi connectivity index (χ4n) is 4.35. The zero-order valence-corrected chi connectivity index (χ0v) is 19.8. The lowest BCUT2D eigenvalue weighted by atomic mass is 9.99. The molecule has 1 fully saturated rings. The first-order chi connectivity index (χ1) is 15.7. The van der Waals surface area contributed by atoms with Crippen LogP contribution in [0.1, 0.15) is 41.3 Å². The number of rotatable bonds is 6. The SMILES string of the molecule is COc1ccc(N2Cc3c(F)ccc(C(F)(F)F)c3C2=O)cc1OCCN1CCC(C)CC1.Cl. The molecule has 0 spiro atoms. The van der Waals surface area contributed by atoms with E-state index >= 15 is 0 Å². The van der Waals surface area contributed by atoms with Crippen LogP contribution in [0.15, 0.2) is 30.3 Å². The van der Waals surface area contributed by atoms with Crippen molar-refractivity contribution in [3.8, 4) is 11.5 Å². The lowest BCUT2D eigenvalue weighted by Crippen LogP contribution is -2.35. The lowest BCUT2D eigenvalue weighted by Gasteiger charge is -2.30. The van der Waals surface area contributed by atoms with Crippen LogP contribution in [0.25, 0.3) is 0 Å². The number of hydrogen-bond acceptors (Lipinski definition) is 4. The number of alkyl halides is 3. The number of fused-ring (bicyclic) bond motifs is 1. The third-order valence-electron chi connectivity index (χ3n) is 6.34. The Morgan fingerprint density at radius 3 is 2.44 bits per heavy atom. The van der Waals surface area contributed by atoms with Gasteiger partial charge in [0.25, 0.3) is 5.91 Å². The fraction of sp³-hybridized carbons (Fsp3) is 0.458. The van der Waals surface area contributed by atoms with E-state index in [0.29, 0.717) is 29.9 Å². The lowest BCUT2D eigenvalue weighted by molar-refractivity contribution is -0.137. The largest absolute Gasteiger partial charge is 0.493 e. The van der Waals surface area contributed by atoms with Gasteiger partial charge in [0.15, 0.2) is 11.5 Å². The van der Waals surface area contributed by atoms with Crippen molar-refractivity contribution in [2.75, 3.05) is 38.3 Å². The number of anilines is 1. The third-order valence-corrected chi connectivity index (χ3v) is 6.34. The Bertz CT molecular complexity index is 1040. The van der Waals surface area contributed by atoms with E-state index in [2.05, 4.69) is 11.8 Å². The number of carbonyl (C=O) groups is 1. The van der Waals surface area contributed by atoms with Crippen molar-refractivity contribution in [2.24, 2.45) is 5.92 Å². The second-order valence-electron chi connectivity index (χ2n) is 8.55. The van der Waals surface area contributed by atoms with Crippen molar-refractivity contribution in [3.05, 3.63) is 52.8 Å². The van der Waals surface area contributed by atoms with Gasteiger partial charge < -0.3 is 14.4 Å².